The number of anilines is 1. The molecule has 1 atom stereocenters. The number of nitrogens with two attached hydrogens (primary N) is 1. The summed E-state index contributed by atoms with van der Waals surface area (Å²) in [5, 5.41) is 14.2. The smallest absolute Gasteiger partial charge is 0.322 e. The molecule has 4 N–H and O–H groups in total. The van der Waals surface area contributed by atoms with Gasteiger partial charge in [-0.1, -0.05) is 0 Å². The highest BCUT2D eigenvalue weighted by atomic mass is 32.1. The summed E-state index contributed by atoms with van der Waals surface area (Å²) in [7, 11) is 0. The van der Waals surface area contributed by atoms with E-state index >= 15 is 0 Å². The maximum atomic E-state index is 10.3. The average molecular weight is 186 g/mol. The van der Waals surface area contributed by atoms with Crippen LogP contribution in [0, 0.1) is 0 Å². The van der Waals surface area contributed by atoms with Crippen molar-refractivity contribution in [3.8, 4) is 0 Å². The van der Waals surface area contributed by atoms with E-state index in [2.05, 4.69) is 5.32 Å². The molecule has 4 nitrogen and oxygen atoms in total. The molecule has 1 rings (SSSR count). The van der Waals surface area contributed by atoms with Gasteiger partial charge in [-0.05, 0) is 17.5 Å². The molecule has 0 saturated heterocycles. The van der Waals surface area contributed by atoms with Crippen LogP contribution in [0.5, 0.6) is 0 Å². The Balaban J connectivity index is 2.31. The highest BCUT2D eigenvalue weighted by Gasteiger charge is 2.10. The molecule has 0 aliphatic heterocycles. The van der Waals surface area contributed by atoms with E-state index in [0.29, 0.717) is 0 Å². The highest BCUT2D eigenvalue weighted by molar-refractivity contribution is 7.14. The first-order valence-corrected chi connectivity index (χ1v) is 4.34. The monoisotopic (exact) mass is 186 g/mol. The van der Waals surface area contributed by atoms with Gasteiger partial charge in [0.2, 0.25) is 0 Å². The molecule has 12 heavy (non-hydrogen) atoms. The van der Waals surface area contributed by atoms with Crippen LogP contribution in [0.1, 0.15) is 0 Å². The molecular formula is C7H10N2O2S. The number of carbonyl (C=O) groups is 1. The van der Waals surface area contributed by atoms with Crippen molar-refractivity contribution in [2.75, 3.05) is 11.9 Å². The lowest BCUT2D eigenvalue weighted by Gasteiger charge is -2.06. The van der Waals surface area contributed by atoms with Crippen LogP contribution in [0.15, 0.2) is 17.5 Å². The second-order valence-electron chi connectivity index (χ2n) is 2.30. The van der Waals surface area contributed by atoms with Gasteiger partial charge in [0, 0.05) is 6.54 Å². The number of thiophene rings is 1. The summed E-state index contributed by atoms with van der Waals surface area (Å²) in [6, 6.07) is 2.92. The molecule has 0 spiro atoms. The number of hydrogen-bond donors (Lipinski definition) is 3. The zero-order chi connectivity index (χ0) is 8.97. The highest BCUT2D eigenvalue weighted by Crippen LogP contribution is 2.14. The van der Waals surface area contributed by atoms with E-state index in [1.54, 1.807) is 0 Å². The van der Waals surface area contributed by atoms with Crippen molar-refractivity contribution in [2.45, 2.75) is 6.04 Å². The molecule has 1 heterocycles. The molecule has 1 aromatic rings. The summed E-state index contributed by atoms with van der Waals surface area (Å²) in [6.07, 6.45) is 0. The third-order valence-corrected chi connectivity index (χ3v) is 2.16. The Labute approximate surface area is 74.0 Å². The van der Waals surface area contributed by atoms with E-state index in [1.807, 2.05) is 17.5 Å². The SMILES string of the molecule is NC(CNc1cccs1)C(=O)O. The summed E-state index contributed by atoms with van der Waals surface area (Å²) in [5.74, 6) is -0.987. The van der Waals surface area contributed by atoms with Crippen molar-refractivity contribution in [1.82, 2.24) is 0 Å². The fraction of sp³-hybridized carbons (Fsp3) is 0.286. The van der Waals surface area contributed by atoms with Crippen LogP contribution in [0.4, 0.5) is 5.00 Å². The number of carboxylic acids is 1. The van der Waals surface area contributed by atoms with Gasteiger partial charge in [0.05, 0.1) is 5.00 Å². The van der Waals surface area contributed by atoms with Gasteiger partial charge >= 0.3 is 5.97 Å². The zero-order valence-electron chi connectivity index (χ0n) is 6.36. The predicted molar refractivity (Wildman–Crippen MR) is 48.4 cm³/mol. The molecule has 1 aromatic heterocycles. The van der Waals surface area contributed by atoms with E-state index in [1.165, 1.54) is 11.3 Å². The van der Waals surface area contributed by atoms with Crippen molar-refractivity contribution in [1.29, 1.82) is 0 Å². The first-order chi connectivity index (χ1) is 5.70. The maximum Gasteiger partial charge on any atom is 0.322 e. The summed E-state index contributed by atoms with van der Waals surface area (Å²) < 4.78 is 0. The van der Waals surface area contributed by atoms with Gasteiger partial charge in [-0.3, -0.25) is 4.79 Å². The Morgan fingerprint density at radius 3 is 3.08 bits per heavy atom. The number of rotatable bonds is 4. The molecule has 0 bridgehead atoms. The Kier molecular flexibility index (Phi) is 3.07. The number of aliphatic carboxylic acids is 1. The van der Waals surface area contributed by atoms with Crippen LogP contribution in [-0.2, 0) is 4.79 Å². The van der Waals surface area contributed by atoms with Gasteiger partial charge in [0.1, 0.15) is 6.04 Å². The Bertz CT molecular complexity index is 248. The van der Waals surface area contributed by atoms with Crippen molar-refractivity contribution in [3.05, 3.63) is 17.5 Å². The van der Waals surface area contributed by atoms with E-state index in [4.69, 9.17) is 10.8 Å². The van der Waals surface area contributed by atoms with Gasteiger partial charge in [0.15, 0.2) is 0 Å². The third kappa shape index (κ3) is 2.52. The lowest BCUT2D eigenvalue weighted by atomic mass is 10.3. The topological polar surface area (TPSA) is 75.3 Å². The molecule has 66 valence electrons. The molecular weight excluding hydrogens is 176 g/mol. The zero-order valence-corrected chi connectivity index (χ0v) is 7.17. The van der Waals surface area contributed by atoms with Gasteiger partial charge < -0.3 is 16.2 Å². The summed E-state index contributed by atoms with van der Waals surface area (Å²) >= 11 is 1.52. The minimum atomic E-state index is -0.987. The molecule has 0 aliphatic carbocycles. The molecule has 0 fully saturated rings. The van der Waals surface area contributed by atoms with E-state index in [0.717, 1.165) is 5.00 Å². The van der Waals surface area contributed by atoms with E-state index < -0.39 is 12.0 Å². The predicted octanol–water partition coefficient (Wildman–Crippen LogP) is 0.572. The fourth-order valence-electron chi connectivity index (χ4n) is 0.677. The largest absolute Gasteiger partial charge is 0.480 e. The van der Waals surface area contributed by atoms with Crippen molar-refractivity contribution < 1.29 is 9.90 Å². The Morgan fingerprint density at radius 1 is 1.83 bits per heavy atom. The number of carboxylic acid groups (broad SMARTS) is 1. The van der Waals surface area contributed by atoms with E-state index in [-0.39, 0.29) is 6.54 Å². The van der Waals surface area contributed by atoms with Crippen LogP contribution in [-0.4, -0.2) is 23.7 Å². The first-order valence-electron chi connectivity index (χ1n) is 3.46. The lowest BCUT2D eigenvalue weighted by molar-refractivity contribution is -0.138. The molecule has 1 unspecified atom stereocenters. The van der Waals surface area contributed by atoms with Crippen LogP contribution in [0.25, 0.3) is 0 Å². The standard InChI is InChI=1S/C7H10N2O2S/c8-5(7(10)11)4-9-6-2-1-3-12-6/h1-3,5,9H,4,8H2,(H,10,11). The minimum Gasteiger partial charge on any atom is -0.480 e. The Hall–Kier alpha value is -1.07. The quantitative estimate of drug-likeness (QED) is 0.642. The fourth-order valence-corrected chi connectivity index (χ4v) is 1.30. The maximum absolute atomic E-state index is 10.3. The third-order valence-electron chi connectivity index (χ3n) is 1.33. The second-order valence-corrected chi connectivity index (χ2v) is 3.25. The van der Waals surface area contributed by atoms with Gasteiger partial charge in [-0.2, -0.15) is 0 Å². The molecule has 0 aromatic carbocycles. The summed E-state index contributed by atoms with van der Waals surface area (Å²) in [6.45, 7) is 0.260. The van der Waals surface area contributed by atoms with Crippen LogP contribution in [0.3, 0.4) is 0 Å². The lowest BCUT2D eigenvalue weighted by Crippen LogP contribution is -2.36. The van der Waals surface area contributed by atoms with Gasteiger partial charge in [0.25, 0.3) is 0 Å². The van der Waals surface area contributed by atoms with Gasteiger partial charge in [-0.25, -0.2) is 0 Å². The average Bonchev–Trinajstić information content (AvgIpc) is 2.51. The minimum absolute atomic E-state index is 0.260. The Morgan fingerprint density at radius 2 is 2.58 bits per heavy atom. The molecule has 0 radical (unpaired) electrons. The van der Waals surface area contributed by atoms with Crippen LogP contribution in [0.2, 0.25) is 0 Å². The normalized spacial score (nSPS) is 12.4. The molecule has 5 heteroatoms. The van der Waals surface area contributed by atoms with Crippen molar-refractivity contribution in [2.24, 2.45) is 5.73 Å². The number of hydrogen-bond acceptors (Lipinski definition) is 4. The van der Waals surface area contributed by atoms with E-state index in [9.17, 15) is 4.79 Å². The first kappa shape index (κ1) is 9.02. The summed E-state index contributed by atoms with van der Waals surface area (Å²) in [5.41, 5.74) is 5.28. The molecule has 0 amide bonds. The van der Waals surface area contributed by atoms with Crippen molar-refractivity contribution >= 4 is 22.3 Å². The second kappa shape index (κ2) is 4.08. The molecule has 0 saturated carbocycles. The van der Waals surface area contributed by atoms with Crippen LogP contribution < -0.4 is 11.1 Å². The van der Waals surface area contributed by atoms with Crippen LogP contribution >= 0.6 is 11.3 Å². The molecule has 0 aliphatic rings. The van der Waals surface area contributed by atoms with Crippen molar-refractivity contribution in [3.63, 3.8) is 0 Å². The van der Waals surface area contributed by atoms with Gasteiger partial charge in [-0.15, -0.1) is 11.3 Å². The number of nitrogens with one attached hydrogen (secondary N) is 1. The summed E-state index contributed by atoms with van der Waals surface area (Å²) in [4.78, 5) is 10.3.